The van der Waals surface area contributed by atoms with Crippen molar-refractivity contribution >= 4 is 22.4 Å². The zero-order valence-electron chi connectivity index (χ0n) is 6.36. The first-order valence-electron chi connectivity index (χ1n) is 3.71. The van der Waals surface area contributed by atoms with Gasteiger partial charge in [-0.3, -0.25) is 0 Å². The Kier molecular flexibility index (Phi) is 1.73. The number of rotatable bonds is 2. The largest absolute Gasteiger partial charge is 0.477 e. The van der Waals surface area contributed by atoms with Crippen LogP contribution in [0.15, 0.2) is 6.20 Å². The number of thiazole rings is 1. The van der Waals surface area contributed by atoms with E-state index < -0.39 is 5.97 Å². The Bertz CT molecular complexity index is 306. The zero-order chi connectivity index (χ0) is 8.55. The van der Waals surface area contributed by atoms with Gasteiger partial charge in [0.15, 0.2) is 5.13 Å². The molecule has 1 aliphatic heterocycles. The summed E-state index contributed by atoms with van der Waals surface area (Å²) in [5.74, 6) is -0.890. The summed E-state index contributed by atoms with van der Waals surface area (Å²) in [6, 6.07) is 0. The van der Waals surface area contributed by atoms with Crippen LogP contribution in [0.5, 0.6) is 0 Å². The highest BCUT2D eigenvalue weighted by Gasteiger charge is 2.19. The van der Waals surface area contributed by atoms with Gasteiger partial charge in [-0.15, -0.1) is 0 Å². The van der Waals surface area contributed by atoms with Crippen LogP contribution < -0.4 is 4.90 Å². The molecule has 1 N–H and O–H groups in total. The Balaban J connectivity index is 2.17. The second kappa shape index (κ2) is 2.75. The van der Waals surface area contributed by atoms with E-state index in [1.165, 1.54) is 24.0 Å². The molecule has 64 valence electrons. The van der Waals surface area contributed by atoms with Crippen molar-refractivity contribution in [2.24, 2.45) is 0 Å². The van der Waals surface area contributed by atoms with Gasteiger partial charge in [0.2, 0.25) is 0 Å². The van der Waals surface area contributed by atoms with E-state index in [1.54, 1.807) is 0 Å². The van der Waals surface area contributed by atoms with Gasteiger partial charge in [0.05, 0.1) is 6.20 Å². The van der Waals surface area contributed by atoms with E-state index >= 15 is 0 Å². The van der Waals surface area contributed by atoms with Crippen LogP contribution >= 0.6 is 11.3 Å². The molecule has 0 amide bonds. The van der Waals surface area contributed by atoms with E-state index in [-0.39, 0.29) is 0 Å². The number of hydrogen-bond donors (Lipinski definition) is 1. The quantitative estimate of drug-likeness (QED) is 0.746. The molecule has 2 rings (SSSR count). The normalized spacial score (nSPS) is 15.8. The average molecular weight is 184 g/mol. The standard InChI is InChI=1S/C7H8N2O2S/c10-6(11)5-4-8-7(12-5)9-2-1-3-9/h4H,1-3H2,(H,10,11). The van der Waals surface area contributed by atoms with Gasteiger partial charge in [-0.2, -0.15) is 0 Å². The third kappa shape index (κ3) is 1.16. The first-order chi connectivity index (χ1) is 5.77. The van der Waals surface area contributed by atoms with Crippen LogP contribution in [0.1, 0.15) is 16.1 Å². The minimum atomic E-state index is -0.890. The molecule has 5 heteroatoms. The molecule has 1 aromatic heterocycles. The summed E-state index contributed by atoms with van der Waals surface area (Å²) in [5.41, 5.74) is 0. The molecule has 0 aliphatic carbocycles. The average Bonchev–Trinajstić information content (AvgIpc) is 2.32. The number of carboxylic acids is 1. The third-order valence-corrected chi connectivity index (χ3v) is 2.88. The number of aromatic nitrogens is 1. The van der Waals surface area contributed by atoms with E-state index in [1.807, 2.05) is 0 Å². The second-order valence-electron chi connectivity index (χ2n) is 2.65. The minimum Gasteiger partial charge on any atom is -0.477 e. The van der Waals surface area contributed by atoms with Crippen LogP contribution in [-0.2, 0) is 0 Å². The lowest BCUT2D eigenvalue weighted by Crippen LogP contribution is -2.36. The smallest absolute Gasteiger partial charge is 0.347 e. The molecular weight excluding hydrogens is 176 g/mol. The van der Waals surface area contributed by atoms with Crippen molar-refractivity contribution in [2.45, 2.75) is 6.42 Å². The second-order valence-corrected chi connectivity index (χ2v) is 3.66. The van der Waals surface area contributed by atoms with Crippen molar-refractivity contribution < 1.29 is 9.90 Å². The molecule has 2 heterocycles. The van der Waals surface area contributed by atoms with Gasteiger partial charge in [-0.05, 0) is 6.42 Å². The summed E-state index contributed by atoms with van der Waals surface area (Å²) >= 11 is 1.24. The predicted molar refractivity (Wildman–Crippen MR) is 45.9 cm³/mol. The van der Waals surface area contributed by atoms with E-state index in [0.29, 0.717) is 4.88 Å². The fraction of sp³-hybridized carbons (Fsp3) is 0.429. The number of carbonyl (C=O) groups is 1. The predicted octanol–water partition coefficient (Wildman–Crippen LogP) is 1.05. The van der Waals surface area contributed by atoms with Gasteiger partial charge in [-0.1, -0.05) is 11.3 Å². The van der Waals surface area contributed by atoms with Gasteiger partial charge in [0, 0.05) is 13.1 Å². The zero-order valence-corrected chi connectivity index (χ0v) is 7.17. The Morgan fingerprint density at radius 3 is 2.83 bits per heavy atom. The molecule has 1 saturated heterocycles. The number of hydrogen-bond acceptors (Lipinski definition) is 4. The SMILES string of the molecule is O=C(O)c1cnc(N2CCC2)s1. The van der Waals surface area contributed by atoms with Crippen LogP contribution in [-0.4, -0.2) is 29.1 Å². The summed E-state index contributed by atoms with van der Waals surface area (Å²) in [6.07, 6.45) is 2.60. The highest BCUT2D eigenvalue weighted by Crippen LogP contribution is 2.25. The molecule has 1 aromatic rings. The highest BCUT2D eigenvalue weighted by atomic mass is 32.1. The Labute approximate surface area is 73.5 Å². The monoisotopic (exact) mass is 184 g/mol. The van der Waals surface area contributed by atoms with E-state index in [9.17, 15) is 4.79 Å². The number of anilines is 1. The fourth-order valence-corrected chi connectivity index (χ4v) is 1.82. The fourth-order valence-electron chi connectivity index (χ4n) is 1.02. The molecule has 0 radical (unpaired) electrons. The number of carboxylic acid groups (broad SMARTS) is 1. The van der Waals surface area contributed by atoms with Crippen molar-refractivity contribution in [2.75, 3.05) is 18.0 Å². The topological polar surface area (TPSA) is 53.4 Å². The summed E-state index contributed by atoms with van der Waals surface area (Å²) in [5, 5.41) is 9.45. The molecule has 0 aromatic carbocycles. The van der Waals surface area contributed by atoms with Crippen LogP contribution in [0.25, 0.3) is 0 Å². The molecule has 12 heavy (non-hydrogen) atoms. The molecule has 0 bridgehead atoms. The summed E-state index contributed by atoms with van der Waals surface area (Å²) < 4.78 is 0. The van der Waals surface area contributed by atoms with E-state index in [0.717, 1.165) is 18.2 Å². The van der Waals surface area contributed by atoms with Gasteiger partial charge in [0.1, 0.15) is 4.88 Å². The van der Waals surface area contributed by atoms with E-state index in [2.05, 4.69) is 9.88 Å². The number of aromatic carboxylic acids is 1. The van der Waals surface area contributed by atoms with Crippen molar-refractivity contribution in [3.8, 4) is 0 Å². The first-order valence-corrected chi connectivity index (χ1v) is 4.53. The molecule has 4 nitrogen and oxygen atoms in total. The Hall–Kier alpha value is -1.10. The van der Waals surface area contributed by atoms with Crippen molar-refractivity contribution in [1.29, 1.82) is 0 Å². The maximum atomic E-state index is 10.5. The molecule has 1 fully saturated rings. The van der Waals surface area contributed by atoms with Crippen LogP contribution in [0.3, 0.4) is 0 Å². The highest BCUT2D eigenvalue weighted by molar-refractivity contribution is 7.17. The molecular formula is C7H8N2O2S. The van der Waals surface area contributed by atoms with Crippen LogP contribution in [0, 0.1) is 0 Å². The van der Waals surface area contributed by atoms with Gasteiger partial charge in [-0.25, -0.2) is 9.78 Å². The Morgan fingerprint density at radius 2 is 2.42 bits per heavy atom. The molecule has 0 saturated carbocycles. The summed E-state index contributed by atoms with van der Waals surface area (Å²) in [6.45, 7) is 2.01. The molecule has 1 aliphatic rings. The number of nitrogens with zero attached hydrogens (tertiary/aromatic N) is 2. The maximum absolute atomic E-state index is 10.5. The summed E-state index contributed by atoms with van der Waals surface area (Å²) in [4.78, 5) is 16.9. The molecule has 0 spiro atoms. The van der Waals surface area contributed by atoms with Gasteiger partial charge in [0.25, 0.3) is 0 Å². The lowest BCUT2D eigenvalue weighted by atomic mass is 10.2. The van der Waals surface area contributed by atoms with E-state index in [4.69, 9.17) is 5.11 Å². The Morgan fingerprint density at radius 1 is 1.67 bits per heavy atom. The molecule has 0 unspecified atom stereocenters. The van der Waals surface area contributed by atoms with Crippen molar-refractivity contribution in [3.63, 3.8) is 0 Å². The maximum Gasteiger partial charge on any atom is 0.347 e. The molecule has 0 atom stereocenters. The summed E-state index contributed by atoms with van der Waals surface area (Å²) in [7, 11) is 0. The lowest BCUT2D eigenvalue weighted by Gasteiger charge is -2.30. The van der Waals surface area contributed by atoms with Crippen LogP contribution in [0.2, 0.25) is 0 Å². The van der Waals surface area contributed by atoms with Crippen molar-refractivity contribution in [1.82, 2.24) is 4.98 Å². The third-order valence-electron chi connectivity index (χ3n) is 1.83. The minimum absolute atomic E-state index is 0.317. The van der Waals surface area contributed by atoms with Gasteiger partial charge >= 0.3 is 5.97 Å². The van der Waals surface area contributed by atoms with Crippen molar-refractivity contribution in [3.05, 3.63) is 11.1 Å². The lowest BCUT2D eigenvalue weighted by molar-refractivity contribution is 0.0702. The van der Waals surface area contributed by atoms with Gasteiger partial charge < -0.3 is 10.0 Å². The first kappa shape index (κ1) is 7.54. The van der Waals surface area contributed by atoms with Crippen LogP contribution in [0.4, 0.5) is 5.13 Å².